The summed E-state index contributed by atoms with van der Waals surface area (Å²) in [6.07, 6.45) is 4.31. The van der Waals surface area contributed by atoms with Crippen molar-refractivity contribution in [3.63, 3.8) is 0 Å². The zero-order valence-electron chi connectivity index (χ0n) is 37.7. The van der Waals surface area contributed by atoms with Gasteiger partial charge in [-0.1, -0.05) is 172 Å². The molecular weight excluding hydrogens is 833 g/mol. The molecule has 1 aliphatic carbocycles. The van der Waals surface area contributed by atoms with E-state index in [1.165, 1.54) is 112 Å². The predicted molar refractivity (Wildman–Crippen MR) is 283 cm³/mol. The van der Waals surface area contributed by atoms with Gasteiger partial charge in [-0.25, -0.2) is 8.78 Å². The third-order valence-electron chi connectivity index (χ3n) is 13.9. The standard InChI is InChI=1S/C65H45F2N/c1-65(2)61-38-43(21-20-42-22-30-50(31-23-42)68(51-32-26-48(66)27-33-51)52-34-28-49(67)29-35-52)24-36-54(61)55-37-25-46(41-62(55)65)63-56-16-8-10-18-58(56)64(59-19-11-9-17-57(59)63)60-40-47(44-12-4-3-5-13-44)39-45-14-6-7-15-53(45)60/h3-41H,1-2H3/b21-20+. The van der Waals surface area contributed by atoms with E-state index in [1.54, 1.807) is 24.3 Å². The van der Waals surface area contributed by atoms with E-state index < -0.39 is 0 Å². The lowest BCUT2D eigenvalue weighted by Crippen LogP contribution is -2.15. The monoisotopic (exact) mass is 877 g/mol. The Balaban J connectivity index is 0.900. The Bertz CT molecular complexity index is 3650. The van der Waals surface area contributed by atoms with E-state index in [0.29, 0.717) is 0 Å². The molecule has 324 valence electrons. The third kappa shape index (κ3) is 7.07. The molecule has 0 heterocycles. The van der Waals surface area contributed by atoms with Gasteiger partial charge in [0.15, 0.2) is 0 Å². The van der Waals surface area contributed by atoms with Gasteiger partial charge in [-0.15, -0.1) is 0 Å². The van der Waals surface area contributed by atoms with Crippen LogP contribution in [-0.2, 0) is 5.41 Å². The summed E-state index contributed by atoms with van der Waals surface area (Å²) in [4.78, 5) is 1.99. The molecule has 68 heavy (non-hydrogen) atoms. The number of benzene rings is 11. The molecule has 0 saturated carbocycles. The smallest absolute Gasteiger partial charge is 0.123 e. The average molecular weight is 878 g/mol. The first-order valence-electron chi connectivity index (χ1n) is 23.2. The summed E-state index contributed by atoms with van der Waals surface area (Å²) in [6, 6.07) is 77.0. The van der Waals surface area contributed by atoms with Crippen molar-refractivity contribution < 1.29 is 8.78 Å². The lowest BCUT2D eigenvalue weighted by molar-refractivity contribution is 0.628. The number of halogens is 2. The zero-order valence-corrected chi connectivity index (χ0v) is 37.7. The van der Waals surface area contributed by atoms with E-state index in [-0.39, 0.29) is 17.0 Å². The van der Waals surface area contributed by atoms with Crippen LogP contribution in [0, 0.1) is 11.6 Å². The maximum Gasteiger partial charge on any atom is 0.123 e. The van der Waals surface area contributed by atoms with Crippen molar-refractivity contribution >= 4 is 61.5 Å². The van der Waals surface area contributed by atoms with Gasteiger partial charge in [-0.2, -0.15) is 0 Å². The molecular formula is C65H45F2N. The number of rotatable bonds is 8. The highest BCUT2D eigenvalue weighted by atomic mass is 19.1. The Morgan fingerprint density at radius 1 is 0.353 bits per heavy atom. The van der Waals surface area contributed by atoms with Crippen molar-refractivity contribution in [2.24, 2.45) is 0 Å². The molecule has 0 saturated heterocycles. The molecule has 0 N–H and O–H groups in total. The minimum Gasteiger partial charge on any atom is -0.310 e. The maximum atomic E-state index is 13.9. The van der Waals surface area contributed by atoms with E-state index in [4.69, 9.17) is 0 Å². The number of nitrogens with zero attached hydrogens (tertiary/aromatic N) is 1. The summed E-state index contributed by atoms with van der Waals surface area (Å²) in [5.41, 5.74) is 17.0. The van der Waals surface area contributed by atoms with E-state index >= 15 is 0 Å². The molecule has 1 nitrogen and oxygen atoms in total. The van der Waals surface area contributed by atoms with Crippen LogP contribution in [0.1, 0.15) is 36.1 Å². The molecule has 0 aliphatic heterocycles. The van der Waals surface area contributed by atoms with Crippen molar-refractivity contribution in [3.05, 3.63) is 258 Å². The van der Waals surface area contributed by atoms with Crippen LogP contribution in [0.2, 0.25) is 0 Å². The molecule has 11 aromatic carbocycles. The SMILES string of the molecule is CC1(C)c2cc(/C=C/c3ccc(N(c4ccc(F)cc4)c4ccc(F)cc4)cc3)ccc2-c2ccc(-c3c4ccccc4c(-c4cc(-c5ccccc5)cc5ccccc45)c4ccccc34)cc21. The lowest BCUT2D eigenvalue weighted by Gasteiger charge is -2.25. The van der Waals surface area contributed by atoms with E-state index in [0.717, 1.165) is 28.2 Å². The van der Waals surface area contributed by atoms with Crippen molar-refractivity contribution in [1.82, 2.24) is 0 Å². The largest absolute Gasteiger partial charge is 0.310 e. The summed E-state index contributed by atoms with van der Waals surface area (Å²) < 4.78 is 27.8. The number of anilines is 3. The van der Waals surface area contributed by atoms with Crippen LogP contribution in [0.15, 0.2) is 224 Å². The Labute approximate surface area is 395 Å². The van der Waals surface area contributed by atoms with Gasteiger partial charge in [-0.3, -0.25) is 0 Å². The van der Waals surface area contributed by atoms with Gasteiger partial charge < -0.3 is 4.90 Å². The fourth-order valence-corrected chi connectivity index (χ4v) is 10.6. The van der Waals surface area contributed by atoms with Crippen molar-refractivity contribution in [2.75, 3.05) is 4.90 Å². The first-order valence-corrected chi connectivity index (χ1v) is 23.2. The second-order valence-corrected chi connectivity index (χ2v) is 18.4. The highest BCUT2D eigenvalue weighted by Crippen LogP contribution is 2.52. The van der Waals surface area contributed by atoms with E-state index in [1.807, 2.05) is 17.0 Å². The lowest BCUT2D eigenvalue weighted by atomic mass is 9.80. The molecule has 0 spiro atoms. The normalized spacial score (nSPS) is 12.8. The van der Waals surface area contributed by atoms with Gasteiger partial charge in [0, 0.05) is 22.5 Å². The molecule has 0 radical (unpaired) electrons. The highest BCUT2D eigenvalue weighted by Gasteiger charge is 2.36. The van der Waals surface area contributed by atoms with E-state index in [9.17, 15) is 8.78 Å². The van der Waals surface area contributed by atoms with Crippen LogP contribution in [0.25, 0.3) is 89.0 Å². The topological polar surface area (TPSA) is 3.24 Å². The highest BCUT2D eigenvalue weighted by molar-refractivity contribution is 6.24. The van der Waals surface area contributed by atoms with Crippen molar-refractivity contribution in [3.8, 4) is 44.5 Å². The van der Waals surface area contributed by atoms with Gasteiger partial charge in [0.1, 0.15) is 11.6 Å². The molecule has 11 aromatic rings. The van der Waals surface area contributed by atoms with Gasteiger partial charge in [0.25, 0.3) is 0 Å². The Hall–Kier alpha value is -8.40. The quantitative estimate of drug-likeness (QED) is 0.109. The maximum absolute atomic E-state index is 13.9. The number of hydrogen-bond donors (Lipinski definition) is 0. The fourth-order valence-electron chi connectivity index (χ4n) is 10.6. The zero-order chi connectivity index (χ0) is 45.9. The molecule has 0 unspecified atom stereocenters. The van der Waals surface area contributed by atoms with Crippen LogP contribution < -0.4 is 4.90 Å². The summed E-state index contributed by atoms with van der Waals surface area (Å²) in [5, 5.41) is 7.43. The average Bonchev–Trinajstić information content (AvgIpc) is 3.60. The van der Waals surface area contributed by atoms with Crippen molar-refractivity contribution in [2.45, 2.75) is 19.3 Å². The molecule has 0 amide bonds. The molecule has 0 bridgehead atoms. The van der Waals surface area contributed by atoms with Crippen molar-refractivity contribution in [1.29, 1.82) is 0 Å². The fraction of sp³-hybridized carbons (Fsp3) is 0.0462. The minimum absolute atomic E-state index is 0.237. The van der Waals surface area contributed by atoms with Crippen LogP contribution in [0.4, 0.5) is 25.8 Å². The van der Waals surface area contributed by atoms with Gasteiger partial charge in [0.2, 0.25) is 0 Å². The molecule has 0 aromatic heterocycles. The van der Waals surface area contributed by atoms with E-state index in [2.05, 4.69) is 190 Å². The van der Waals surface area contributed by atoms with Crippen LogP contribution in [0.5, 0.6) is 0 Å². The Morgan fingerprint density at radius 2 is 0.824 bits per heavy atom. The minimum atomic E-state index is -0.309. The molecule has 3 heteroatoms. The first-order chi connectivity index (χ1) is 33.3. The molecule has 0 atom stereocenters. The van der Waals surface area contributed by atoms with Crippen LogP contribution in [0.3, 0.4) is 0 Å². The predicted octanol–water partition coefficient (Wildman–Crippen LogP) is 18.4. The van der Waals surface area contributed by atoms with Crippen LogP contribution in [-0.4, -0.2) is 0 Å². The summed E-state index contributed by atoms with van der Waals surface area (Å²) in [7, 11) is 0. The van der Waals surface area contributed by atoms with Gasteiger partial charge >= 0.3 is 0 Å². The van der Waals surface area contributed by atoms with Crippen LogP contribution >= 0.6 is 0 Å². The second kappa shape index (κ2) is 16.5. The number of fused-ring (bicyclic) bond motifs is 6. The summed E-state index contributed by atoms with van der Waals surface area (Å²) in [5.74, 6) is -0.617. The Kier molecular flexibility index (Phi) is 9.95. The van der Waals surface area contributed by atoms with Gasteiger partial charge in [-0.05, 0) is 178 Å². The molecule has 0 fully saturated rings. The Morgan fingerprint density at radius 3 is 1.43 bits per heavy atom. The first kappa shape index (κ1) is 41.1. The summed E-state index contributed by atoms with van der Waals surface area (Å²) in [6.45, 7) is 4.71. The second-order valence-electron chi connectivity index (χ2n) is 18.4. The molecule has 12 rings (SSSR count). The molecule has 1 aliphatic rings. The number of hydrogen-bond acceptors (Lipinski definition) is 1. The summed E-state index contributed by atoms with van der Waals surface area (Å²) >= 11 is 0. The van der Waals surface area contributed by atoms with Gasteiger partial charge in [0.05, 0.1) is 0 Å². The third-order valence-corrected chi connectivity index (χ3v) is 13.9.